The number of aromatic amines is 1. The number of aliphatic carboxylic acids is 1. The van der Waals surface area contributed by atoms with Crippen LogP contribution in [0.1, 0.15) is 30.1 Å². The van der Waals surface area contributed by atoms with Gasteiger partial charge in [0, 0.05) is 11.1 Å². The van der Waals surface area contributed by atoms with Crippen LogP contribution in [0.4, 0.5) is 0 Å². The number of rotatable bonds is 6. The lowest BCUT2D eigenvalue weighted by Gasteiger charge is -2.13. The molecule has 0 aliphatic heterocycles. The summed E-state index contributed by atoms with van der Waals surface area (Å²) in [7, 11) is 0. The third-order valence-corrected chi connectivity index (χ3v) is 2.91. The Bertz CT molecular complexity index is 626. The van der Waals surface area contributed by atoms with Crippen LogP contribution in [-0.2, 0) is 4.79 Å². The number of hydrogen-bond donors (Lipinski definition) is 3. The summed E-state index contributed by atoms with van der Waals surface area (Å²) >= 11 is 0. The molecule has 0 radical (unpaired) electrons. The van der Waals surface area contributed by atoms with Gasteiger partial charge < -0.3 is 10.4 Å². The zero-order valence-corrected chi connectivity index (χ0v) is 11.4. The molecule has 0 unspecified atom stereocenters. The maximum atomic E-state index is 12.1. The number of carboxylic acids is 1. The molecule has 0 fully saturated rings. The summed E-state index contributed by atoms with van der Waals surface area (Å²) < 4.78 is 0. The molecule has 0 aliphatic carbocycles. The first-order valence-corrected chi connectivity index (χ1v) is 6.49. The van der Waals surface area contributed by atoms with Crippen LogP contribution in [0.15, 0.2) is 24.3 Å². The summed E-state index contributed by atoms with van der Waals surface area (Å²) in [5.74, 6) is -1.12. The Hall–Kier alpha value is -2.77. The van der Waals surface area contributed by atoms with Crippen LogP contribution in [0, 0.1) is 0 Å². The highest BCUT2D eigenvalue weighted by atomic mass is 16.4. The number of carbonyl (C=O) groups excluding carboxylic acids is 1. The second-order valence-electron chi connectivity index (χ2n) is 4.47. The van der Waals surface area contributed by atoms with Gasteiger partial charge in [0.15, 0.2) is 0 Å². The number of H-pyrrole nitrogens is 1. The third-order valence-electron chi connectivity index (χ3n) is 2.91. The lowest BCUT2D eigenvalue weighted by Crippen LogP contribution is -2.40. The number of amides is 1. The number of nitrogens with zero attached hydrogens (tertiary/aromatic N) is 3. The highest BCUT2D eigenvalue weighted by Gasteiger charge is 2.19. The second kappa shape index (κ2) is 6.60. The van der Waals surface area contributed by atoms with E-state index in [1.54, 1.807) is 24.3 Å². The molecular formula is C13H15N5O3. The van der Waals surface area contributed by atoms with E-state index < -0.39 is 17.9 Å². The van der Waals surface area contributed by atoms with Gasteiger partial charge >= 0.3 is 5.97 Å². The molecule has 2 aromatic rings. The van der Waals surface area contributed by atoms with Gasteiger partial charge in [-0.3, -0.25) is 4.79 Å². The van der Waals surface area contributed by atoms with E-state index in [4.69, 9.17) is 5.11 Å². The molecule has 1 heterocycles. The maximum absolute atomic E-state index is 12.1. The fourth-order valence-corrected chi connectivity index (χ4v) is 1.87. The van der Waals surface area contributed by atoms with Crippen LogP contribution in [0.2, 0.25) is 0 Å². The molecule has 3 N–H and O–H groups in total. The molecule has 0 spiro atoms. The quantitative estimate of drug-likeness (QED) is 0.725. The first-order chi connectivity index (χ1) is 10.1. The summed E-state index contributed by atoms with van der Waals surface area (Å²) in [4.78, 5) is 23.2. The first-order valence-electron chi connectivity index (χ1n) is 6.49. The van der Waals surface area contributed by atoms with Gasteiger partial charge in [0.2, 0.25) is 5.82 Å². The van der Waals surface area contributed by atoms with Gasteiger partial charge in [-0.2, -0.15) is 5.21 Å². The summed E-state index contributed by atoms with van der Waals surface area (Å²) in [6.07, 6.45) is 1.05. The number of nitrogens with one attached hydrogen (secondary N) is 2. The van der Waals surface area contributed by atoms with E-state index in [0.29, 0.717) is 29.8 Å². The molecule has 8 nitrogen and oxygen atoms in total. The van der Waals surface area contributed by atoms with Crippen molar-refractivity contribution in [3.05, 3.63) is 29.8 Å². The van der Waals surface area contributed by atoms with Crippen molar-refractivity contribution in [1.29, 1.82) is 0 Å². The van der Waals surface area contributed by atoms with Crippen molar-refractivity contribution in [2.24, 2.45) is 0 Å². The molecule has 1 atom stereocenters. The van der Waals surface area contributed by atoms with Crippen LogP contribution in [-0.4, -0.2) is 43.6 Å². The van der Waals surface area contributed by atoms with Gasteiger partial charge in [0.25, 0.3) is 5.91 Å². The van der Waals surface area contributed by atoms with E-state index in [0.717, 1.165) is 0 Å². The molecule has 0 saturated carbocycles. The minimum absolute atomic E-state index is 0.347. The zero-order chi connectivity index (χ0) is 15.2. The lowest BCUT2D eigenvalue weighted by molar-refractivity contribution is -0.139. The number of hydrogen-bond acceptors (Lipinski definition) is 5. The highest BCUT2D eigenvalue weighted by molar-refractivity contribution is 5.97. The number of tetrazole rings is 1. The van der Waals surface area contributed by atoms with Crippen LogP contribution in [0.25, 0.3) is 11.4 Å². The number of aromatic nitrogens is 4. The average molecular weight is 289 g/mol. The lowest BCUT2D eigenvalue weighted by atomic mass is 10.1. The molecule has 1 amide bonds. The Morgan fingerprint density at radius 1 is 1.43 bits per heavy atom. The summed E-state index contributed by atoms with van der Waals surface area (Å²) in [5, 5.41) is 25.0. The number of benzene rings is 1. The molecular weight excluding hydrogens is 274 g/mol. The topological polar surface area (TPSA) is 121 Å². The molecule has 1 aromatic carbocycles. The van der Waals surface area contributed by atoms with Crippen molar-refractivity contribution >= 4 is 11.9 Å². The standard InChI is InChI=1S/C13H15N5O3/c1-2-4-10(13(20)21)14-12(19)9-6-3-5-8(7-9)11-15-17-18-16-11/h3,5-7,10H,2,4H2,1H3,(H,14,19)(H,20,21)(H,15,16,17,18)/t10-/m1/s1. The molecule has 110 valence electrons. The number of carbonyl (C=O) groups is 2. The summed E-state index contributed by atoms with van der Waals surface area (Å²) in [5.41, 5.74) is 0.971. The normalized spacial score (nSPS) is 11.9. The van der Waals surface area contributed by atoms with Crippen LogP contribution in [0.3, 0.4) is 0 Å². The Kier molecular flexibility index (Phi) is 4.60. The zero-order valence-electron chi connectivity index (χ0n) is 11.4. The fourth-order valence-electron chi connectivity index (χ4n) is 1.87. The van der Waals surface area contributed by atoms with E-state index in [1.165, 1.54) is 0 Å². The van der Waals surface area contributed by atoms with E-state index in [1.807, 2.05) is 6.92 Å². The van der Waals surface area contributed by atoms with Crippen LogP contribution < -0.4 is 5.32 Å². The SMILES string of the molecule is CCC[C@@H](NC(=O)c1cccc(-c2nn[nH]n2)c1)C(=O)O. The highest BCUT2D eigenvalue weighted by Crippen LogP contribution is 2.15. The van der Waals surface area contributed by atoms with E-state index in [-0.39, 0.29) is 0 Å². The minimum Gasteiger partial charge on any atom is -0.480 e. The van der Waals surface area contributed by atoms with E-state index in [9.17, 15) is 9.59 Å². The predicted octanol–water partition coefficient (Wildman–Crippen LogP) is 0.850. The summed E-state index contributed by atoms with van der Waals surface area (Å²) in [6.45, 7) is 1.86. The van der Waals surface area contributed by atoms with Crippen molar-refractivity contribution in [2.45, 2.75) is 25.8 Å². The van der Waals surface area contributed by atoms with Crippen molar-refractivity contribution < 1.29 is 14.7 Å². The van der Waals surface area contributed by atoms with E-state index in [2.05, 4.69) is 25.9 Å². The largest absolute Gasteiger partial charge is 0.480 e. The maximum Gasteiger partial charge on any atom is 0.326 e. The van der Waals surface area contributed by atoms with Crippen molar-refractivity contribution in [3.63, 3.8) is 0 Å². The molecule has 0 aliphatic rings. The van der Waals surface area contributed by atoms with Gasteiger partial charge in [-0.05, 0) is 23.8 Å². The van der Waals surface area contributed by atoms with Gasteiger partial charge in [0.05, 0.1) is 0 Å². The molecule has 1 aromatic heterocycles. The van der Waals surface area contributed by atoms with Gasteiger partial charge in [-0.1, -0.05) is 25.5 Å². The molecule has 0 saturated heterocycles. The Morgan fingerprint density at radius 3 is 2.86 bits per heavy atom. The fraction of sp³-hybridized carbons (Fsp3) is 0.308. The predicted molar refractivity (Wildman–Crippen MR) is 73.4 cm³/mol. The van der Waals surface area contributed by atoms with Crippen molar-refractivity contribution in [2.75, 3.05) is 0 Å². The summed E-state index contributed by atoms with van der Waals surface area (Å²) in [6, 6.07) is 5.71. The molecule has 8 heteroatoms. The Labute approximate surface area is 120 Å². The van der Waals surface area contributed by atoms with Crippen LogP contribution >= 0.6 is 0 Å². The molecule has 21 heavy (non-hydrogen) atoms. The average Bonchev–Trinajstić information content (AvgIpc) is 3.01. The third kappa shape index (κ3) is 3.62. The minimum atomic E-state index is -1.04. The van der Waals surface area contributed by atoms with E-state index >= 15 is 0 Å². The van der Waals surface area contributed by atoms with Gasteiger partial charge in [-0.25, -0.2) is 4.79 Å². The Morgan fingerprint density at radius 2 is 2.24 bits per heavy atom. The smallest absolute Gasteiger partial charge is 0.326 e. The van der Waals surface area contributed by atoms with Gasteiger partial charge in [-0.15, -0.1) is 10.2 Å². The molecule has 0 bridgehead atoms. The number of carboxylic acid groups (broad SMARTS) is 1. The van der Waals surface area contributed by atoms with Gasteiger partial charge in [0.1, 0.15) is 6.04 Å². The monoisotopic (exact) mass is 289 g/mol. The van der Waals surface area contributed by atoms with Crippen molar-refractivity contribution in [1.82, 2.24) is 25.9 Å². The Balaban J connectivity index is 2.16. The first kappa shape index (κ1) is 14.6. The van der Waals surface area contributed by atoms with Crippen molar-refractivity contribution in [3.8, 4) is 11.4 Å². The van der Waals surface area contributed by atoms with Crippen LogP contribution in [0.5, 0.6) is 0 Å². The second-order valence-corrected chi connectivity index (χ2v) is 4.47. The molecule has 2 rings (SSSR count).